The van der Waals surface area contributed by atoms with Crippen molar-refractivity contribution in [2.24, 2.45) is 0 Å². The van der Waals surface area contributed by atoms with Crippen LogP contribution in [0.4, 0.5) is 23.3 Å². The predicted octanol–water partition coefficient (Wildman–Crippen LogP) is 20.2. The standard InChI is InChI=1S/C81H79N11/c1-12-46-91(75-28-18-24-65(87-75)71-50-57(48-69(84-71)63-22-14-16-44-82-63)54-32-38-60(39-33-54)79(3,4)5)77-30-20-26-67(89-77)73-52-59(56-36-42-62(43-37-56)81(9,10)11)53-74(86-73)68-27-21-31-78(90-68)92(47-13-2)76-29-19-25-66(88-76)72-51-58(49-70(85-72)64-23-15-17-45-83-64)55-34-40-61(41-35-55)80(6,7)8/h14-45,48-53H,12-13,46-47H2,1-11H3. The predicted molar refractivity (Wildman–Crippen MR) is 379 cm³/mol. The summed E-state index contributed by atoms with van der Waals surface area (Å²) in [4.78, 5) is 51.3. The molecule has 0 radical (unpaired) electrons. The van der Waals surface area contributed by atoms with Crippen LogP contribution in [-0.2, 0) is 16.2 Å². The van der Waals surface area contributed by atoms with Crippen molar-refractivity contribution in [3.05, 3.63) is 247 Å². The maximum atomic E-state index is 5.45. The van der Waals surface area contributed by atoms with E-state index in [1.165, 1.54) is 16.7 Å². The Hall–Kier alpha value is -10.4. The van der Waals surface area contributed by atoms with E-state index in [1.54, 1.807) is 0 Å². The van der Waals surface area contributed by atoms with Crippen molar-refractivity contribution in [3.8, 4) is 102 Å². The molecule has 0 spiro atoms. The Kier molecular flexibility index (Phi) is 17.6. The lowest BCUT2D eigenvalue weighted by atomic mass is 9.86. The molecule has 0 aliphatic rings. The number of nitrogens with zero attached hydrogens (tertiary/aromatic N) is 11. The smallest absolute Gasteiger partial charge is 0.134 e. The van der Waals surface area contributed by atoms with Gasteiger partial charge in [-0.05, 0) is 188 Å². The summed E-state index contributed by atoms with van der Waals surface area (Å²) in [5, 5.41) is 0. The minimum atomic E-state index is -0.0105. The van der Waals surface area contributed by atoms with E-state index in [-0.39, 0.29) is 16.2 Å². The first kappa shape index (κ1) is 61.8. The van der Waals surface area contributed by atoms with Crippen LogP contribution in [-0.4, -0.2) is 57.9 Å². The van der Waals surface area contributed by atoms with Gasteiger partial charge in [0.2, 0.25) is 0 Å². The van der Waals surface area contributed by atoms with Gasteiger partial charge in [-0.15, -0.1) is 0 Å². The average Bonchev–Trinajstić information content (AvgIpc) is 0.906. The molecule has 12 aromatic rings. The van der Waals surface area contributed by atoms with Crippen molar-refractivity contribution in [1.29, 1.82) is 0 Å². The molecule has 0 aliphatic heterocycles. The van der Waals surface area contributed by atoms with Crippen LogP contribution < -0.4 is 9.80 Å². The third kappa shape index (κ3) is 14.0. The Morgan fingerprint density at radius 3 is 0.728 bits per heavy atom. The quantitative estimate of drug-likeness (QED) is 0.0866. The van der Waals surface area contributed by atoms with Gasteiger partial charge in [0, 0.05) is 25.5 Å². The normalized spacial score (nSPS) is 11.8. The maximum Gasteiger partial charge on any atom is 0.134 e. The highest BCUT2D eigenvalue weighted by molar-refractivity contribution is 5.80. The van der Waals surface area contributed by atoms with Crippen LogP contribution in [0.2, 0.25) is 0 Å². The summed E-state index contributed by atoms with van der Waals surface area (Å²) in [6, 6.07) is 75.7. The Balaban J connectivity index is 0.908. The van der Waals surface area contributed by atoms with Gasteiger partial charge in [0.1, 0.15) is 23.3 Å². The minimum Gasteiger partial charge on any atom is -0.311 e. The number of hydrogen-bond acceptors (Lipinski definition) is 11. The molecular formula is C81H79N11. The molecule has 458 valence electrons. The average molecular weight is 1210 g/mol. The topological polar surface area (TPSA) is 122 Å². The van der Waals surface area contributed by atoms with E-state index in [2.05, 4.69) is 244 Å². The lowest BCUT2D eigenvalue weighted by Crippen LogP contribution is -2.20. The number of benzene rings is 3. The molecule has 9 heterocycles. The Morgan fingerprint density at radius 2 is 0.500 bits per heavy atom. The van der Waals surface area contributed by atoms with Crippen molar-refractivity contribution >= 4 is 23.3 Å². The van der Waals surface area contributed by atoms with E-state index >= 15 is 0 Å². The Bertz CT molecular complexity index is 4270. The van der Waals surface area contributed by atoms with Crippen molar-refractivity contribution in [1.82, 2.24) is 44.9 Å². The van der Waals surface area contributed by atoms with Crippen molar-refractivity contribution in [3.63, 3.8) is 0 Å². The number of anilines is 4. The zero-order valence-electron chi connectivity index (χ0n) is 54.7. The number of hydrogen-bond donors (Lipinski definition) is 0. The van der Waals surface area contributed by atoms with Crippen LogP contribution in [0.15, 0.2) is 231 Å². The lowest BCUT2D eigenvalue weighted by molar-refractivity contribution is 0.590. The number of pyridine rings is 9. The van der Waals surface area contributed by atoms with E-state index in [0.29, 0.717) is 24.5 Å². The van der Waals surface area contributed by atoms with Gasteiger partial charge in [0.25, 0.3) is 0 Å². The molecule has 0 saturated heterocycles. The van der Waals surface area contributed by atoms with Gasteiger partial charge < -0.3 is 9.80 Å². The molecule has 11 nitrogen and oxygen atoms in total. The summed E-state index contributed by atoms with van der Waals surface area (Å²) in [6.45, 7) is 25.9. The molecule has 0 N–H and O–H groups in total. The highest BCUT2D eigenvalue weighted by Crippen LogP contribution is 2.38. The van der Waals surface area contributed by atoms with Crippen molar-refractivity contribution in [2.75, 3.05) is 22.9 Å². The van der Waals surface area contributed by atoms with Crippen LogP contribution in [0, 0.1) is 0 Å². The number of rotatable bonds is 17. The molecule has 0 bridgehead atoms. The third-order valence-corrected chi connectivity index (χ3v) is 16.6. The molecule has 11 heteroatoms. The fourth-order valence-corrected chi connectivity index (χ4v) is 11.4. The highest BCUT2D eigenvalue weighted by Gasteiger charge is 2.23. The SMILES string of the molecule is CCCN(c1cccc(-c2cc(-c3ccc(C(C)(C)C)cc3)cc(-c3ccccn3)n2)n1)c1cccc(-c2cc(-c3ccc(C(C)(C)C)cc3)cc(-c3cccc(N(CCC)c4cccc(-c5cc(-c6ccc(C(C)(C)C)cc6)cc(-c6ccccn6)n5)n4)n3)n2)n1. The summed E-state index contributed by atoms with van der Waals surface area (Å²) in [5.41, 5.74) is 19.2. The fraction of sp³-hybridized carbons (Fsp3) is 0.222. The molecule has 0 aliphatic carbocycles. The second kappa shape index (κ2) is 26.2. The van der Waals surface area contributed by atoms with Crippen LogP contribution in [0.1, 0.15) is 106 Å². The Labute approximate surface area is 542 Å². The molecule has 0 amide bonds. The van der Waals surface area contributed by atoms with Crippen LogP contribution >= 0.6 is 0 Å². The van der Waals surface area contributed by atoms with Crippen LogP contribution in [0.5, 0.6) is 0 Å². The van der Waals surface area contributed by atoms with Crippen molar-refractivity contribution in [2.45, 2.75) is 105 Å². The number of aromatic nitrogens is 9. The molecule has 0 saturated carbocycles. The first-order valence-corrected chi connectivity index (χ1v) is 32.0. The molecule has 92 heavy (non-hydrogen) atoms. The Morgan fingerprint density at radius 1 is 0.250 bits per heavy atom. The van der Waals surface area contributed by atoms with E-state index < -0.39 is 0 Å². The fourth-order valence-electron chi connectivity index (χ4n) is 11.4. The van der Waals surface area contributed by atoms with Crippen molar-refractivity contribution < 1.29 is 0 Å². The summed E-state index contributed by atoms with van der Waals surface area (Å²) in [5.74, 6) is 3.02. The zero-order chi connectivity index (χ0) is 64.2. The monoisotopic (exact) mass is 1210 g/mol. The lowest BCUT2D eigenvalue weighted by Gasteiger charge is -2.24. The van der Waals surface area contributed by atoms with Gasteiger partial charge in [-0.1, -0.05) is 185 Å². The first-order chi connectivity index (χ1) is 44.3. The first-order valence-electron chi connectivity index (χ1n) is 32.0. The van der Waals surface area contributed by atoms with E-state index in [9.17, 15) is 0 Å². The van der Waals surface area contributed by atoms with Crippen LogP contribution in [0.3, 0.4) is 0 Å². The zero-order valence-corrected chi connectivity index (χ0v) is 54.7. The highest BCUT2D eigenvalue weighted by atomic mass is 15.2. The molecule has 3 aromatic carbocycles. The molecule has 0 unspecified atom stereocenters. The summed E-state index contributed by atoms with van der Waals surface area (Å²) in [7, 11) is 0. The second-order valence-electron chi connectivity index (χ2n) is 26.6. The van der Waals surface area contributed by atoms with Gasteiger partial charge in [-0.2, -0.15) is 0 Å². The maximum absolute atomic E-state index is 5.45. The third-order valence-electron chi connectivity index (χ3n) is 16.6. The largest absolute Gasteiger partial charge is 0.311 e. The minimum absolute atomic E-state index is 0.0105. The summed E-state index contributed by atoms with van der Waals surface area (Å²) < 4.78 is 0. The molecule has 0 fully saturated rings. The van der Waals surface area contributed by atoms with Gasteiger partial charge in [0.15, 0.2) is 0 Å². The van der Waals surface area contributed by atoms with Gasteiger partial charge in [-0.3, -0.25) is 9.97 Å². The van der Waals surface area contributed by atoms with Gasteiger partial charge in [-0.25, -0.2) is 34.9 Å². The summed E-state index contributed by atoms with van der Waals surface area (Å²) >= 11 is 0. The van der Waals surface area contributed by atoms with E-state index in [0.717, 1.165) is 126 Å². The summed E-state index contributed by atoms with van der Waals surface area (Å²) in [6.07, 6.45) is 5.32. The molecule has 9 aromatic heterocycles. The van der Waals surface area contributed by atoms with Crippen LogP contribution in [0.25, 0.3) is 102 Å². The van der Waals surface area contributed by atoms with E-state index in [1.807, 2.05) is 73.1 Å². The molecule has 0 atom stereocenters. The molecule has 12 rings (SSSR count). The van der Waals surface area contributed by atoms with Gasteiger partial charge >= 0.3 is 0 Å². The molecular weight excluding hydrogens is 1130 g/mol. The van der Waals surface area contributed by atoms with E-state index in [4.69, 9.17) is 44.9 Å². The second-order valence-corrected chi connectivity index (χ2v) is 26.6. The van der Waals surface area contributed by atoms with Gasteiger partial charge in [0.05, 0.1) is 68.3 Å².